The summed E-state index contributed by atoms with van der Waals surface area (Å²) in [7, 11) is 1.62. The minimum atomic E-state index is -0.334. The highest BCUT2D eigenvalue weighted by molar-refractivity contribution is 7.99. The van der Waals surface area contributed by atoms with E-state index in [4.69, 9.17) is 4.74 Å². The number of methoxy groups -OCH3 is 1. The molecule has 10 heteroatoms. The first-order chi connectivity index (χ1) is 14.4. The van der Waals surface area contributed by atoms with Crippen molar-refractivity contribution in [2.24, 2.45) is 0 Å². The second-order valence-electron chi connectivity index (χ2n) is 6.77. The van der Waals surface area contributed by atoms with Crippen LogP contribution in [0.1, 0.15) is 23.2 Å². The average Bonchev–Trinajstić information content (AvgIpc) is 3.25. The van der Waals surface area contributed by atoms with Gasteiger partial charge < -0.3 is 15.0 Å². The molecule has 0 bridgehead atoms. The number of thiophene rings is 1. The van der Waals surface area contributed by atoms with Crippen LogP contribution in [0.5, 0.6) is 5.75 Å². The number of thiazole rings is 1. The quantitative estimate of drug-likeness (QED) is 0.440. The predicted molar refractivity (Wildman–Crippen MR) is 125 cm³/mol. The van der Waals surface area contributed by atoms with Gasteiger partial charge in [-0.15, -0.1) is 23.1 Å². The number of fused-ring (bicyclic) bond motifs is 2. The molecule has 0 radical (unpaired) electrons. The lowest BCUT2D eigenvalue weighted by molar-refractivity contribution is -0.115. The lowest BCUT2D eigenvalue weighted by Gasteiger charge is -2.10. The number of carbonyl (C=O) groups is 1. The highest BCUT2D eigenvalue weighted by Gasteiger charge is 2.18. The van der Waals surface area contributed by atoms with Gasteiger partial charge in [-0.1, -0.05) is 11.3 Å². The van der Waals surface area contributed by atoms with Crippen molar-refractivity contribution >= 4 is 65.9 Å². The Hall–Kier alpha value is -2.43. The van der Waals surface area contributed by atoms with Crippen LogP contribution >= 0.6 is 34.4 Å². The van der Waals surface area contributed by atoms with Crippen LogP contribution in [0.2, 0.25) is 0 Å². The number of aryl methyl sites for hydroxylation is 2. The van der Waals surface area contributed by atoms with Gasteiger partial charge in [0.25, 0.3) is 5.56 Å². The second kappa shape index (κ2) is 8.37. The van der Waals surface area contributed by atoms with Gasteiger partial charge >= 0.3 is 0 Å². The Balaban J connectivity index is 1.42. The van der Waals surface area contributed by atoms with Gasteiger partial charge in [0.05, 0.1) is 33.7 Å². The molecule has 7 nitrogen and oxygen atoms in total. The number of nitrogens with zero attached hydrogens (tertiary/aromatic N) is 2. The highest BCUT2D eigenvalue weighted by Crippen LogP contribution is 2.30. The number of hydrogen-bond donors (Lipinski definition) is 2. The molecule has 1 atom stereocenters. The summed E-state index contributed by atoms with van der Waals surface area (Å²) >= 11 is 4.34. The molecule has 30 heavy (non-hydrogen) atoms. The van der Waals surface area contributed by atoms with E-state index in [1.807, 2.05) is 39.0 Å². The maximum absolute atomic E-state index is 12.6. The first kappa shape index (κ1) is 20.8. The molecular weight excluding hydrogens is 440 g/mol. The maximum Gasteiger partial charge on any atom is 0.259 e. The minimum absolute atomic E-state index is 0.126. The monoisotopic (exact) mass is 460 g/mol. The van der Waals surface area contributed by atoms with Crippen molar-refractivity contribution in [3.8, 4) is 5.75 Å². The van der Waals surface area contributed by atoms with E-state index in [0.717, 1.165) is 31.2 Å². The molecule has 0 aliphatic carbocycles. The molecule has 0 saturated carbocycles. The lowest BCUT2D eigenvalue weighted by Crippen LogP contribution is -2.22. The first-order valence-electron chi connectivity index (χ1n) is 9.21. The van der Waals surface area contributed by atoms with Gasteiger partial charge in [0.2, 0.25) is 5.91 Å². The summed E-state index contributed by atoms with van der Waals surface area (Å²) in [5.74, 6) is 1.62. The molecule has 0 aliphatic rings. The fourth-order valence-electron chi connectivity index (χ4n) is 2.94. The van der Waals surface area contributed by atoms with Crippen LogP contribution in [0, 0.1) is 13.8 Å². The smallest absolute Gasteiger partial charge is 0.259 e. The van der Waals surface area contributed by atoms with Gasteiger partial charge in [0, 0.05) is 4.88 Å². The van der Waals surface area contributed by atoms with Crippen molar-refractivity contribution in [1.82, 2.24) is 15.0 Å². The van der Waals surface area contributed by atoms with Gasteiger partial charge in [0.1, 0.15) is 16.4 Å². The number of thioether (sulfide) groups is 1. The third-order valence-corrected chi connectivity index (χ3v) is 7.94. The van der Waals surface area contributed by atoms with Gasteiger partial charge in [-0.05, 0) is 44.5 Å². The number of ether oxygens (including phenoxy) is 1. The topological polar surface area (TPSA) is 97.0 Å². The predicted octanol–water partition coefficient (Wildman–Crippen LogP) is 4.48. The Kier molecular flexibility index (Phi) is 5.81. The van der Waals surface area contributed by atoms with E-state index in [9.17, 15) is 9.59 Å². The Bertz CT molecular complexity index is 1310. The summed E-state index contributed by atoms with van der Waals surface area (Å²) in [6.45, 7) is 5.75. The molecule has 3 aromatic heterocycles. The molecule has 0 aliphatic heterocycles. The summed E-state index contributed by atoms with van der Waals surface area (Å²) in [6.07, 6.45) is 0. The number of hydrogen-bond acceptors (Lipinski definition) is 8. The van der Waals surface area contributed by atoms with E-state index < -0.39 is 0 Å². The lowest BCUT2D eigenvalue weighted by atomic mass is 10.2. The Morgan fingerprint density at radius 1 is 1.30 bits per heavy atom. The molecular formula is C20H20N4O3S3. The summed E-state index contributed by atoms with van der Waals surface area (Å²) < 4.78 is 6.17. The number of nitrogens with one attached hydrogen (secondary N) is 2. The van der Waals surface area contributed by atoms with E-state index in [0.29, 0.717) is 22.1 Å². The minimum Gasteiger partial charge on any atom is -0.497 e. The summed E-state index contributed by atoms with van der Waals surface area (Å²) in [4.78, 5) is 38.7. The number of amides is 1. The van der Waals surface area contributed by atoms with Crippen molar-refractivity contribution in [2.45, 2.75) is 31.8 Å². The Morgan fingerprint density at radius 3 is 2.87 bits per heavy atom. The summed E-state index contributed by atoms with van der Waals surface area (Å²) in [5.41, 5.74) is 1.66. The summed E-state index contributed by atoms with van der Waals surface area (Å²) in [6, 6.07) is 5.60. The molecule has 4 rings (SSSR count). The van der Waals surface area contributed by atoms with E-state index in [1.165, 1.54) is 34.4 Å². The third-order valence-electron chi connectivity index (χ3n) is 4.75. The SMILES string of the molecule is COc1ccc2nc(NC(=O)C(C)SCc3nc4sc(C)c(C)c4c(=O)[nH]3)sc2c1. The zero-order valence-electron chi connectivity index (χ0n) is 16.9. The zero-order valence-corrected chi connectivity index (χ0v) is 19.3. The van der Waals surface area contributed by atoms with E-state index in [2.05, 4.69) is 20.3 Å². The standard InChI is InChI=1S/C20H20N4O3S3/c1-9-10(2)29-19-16(9)18(26)22-15(23-19)8-28-11(3)17(25)24-20-21-13-6-5-12(27-4)7-14(13)30-20/h5-7,11H,8H2,1-4H3,(H,21,24,25)(H,22,23,26). The Labute approximate surface area is 184 Å². The number of H-pyrrole nitrogens is 1. The fraction of sp³-hybridized carbons (Fsp3) is 0.300. The van der Waals surface area contributed by atoms with Crippen LogP contribution in [-0.2, 0) is 10.5 Å². The maximum atomic E-state index is 12.6. The van der Waals surface area contributed by atoms with E-state index in [-0.39, 0.29) is 16.7 Å². The fourth-order valence-corrected chi connectivity index (χ4v) is 5.64. The highest BCUT2D eigenvalue weighted by atomic mass is 32.2. The molecule has 1 amide bonds. The van der Waals surface area contributed by atoms with Gasteiger partial charge in [-0.25, -0.2) is 9.97 Å². The van der Waals surface area contributed by atoms with Crippen LogP contribution in [0.4, 0.5) is 5.13 Å². The first-order valence-corrected chi connectivity index (χ1v) is 11.9. The molecule has 1 unspecified atom stereocenters. The number of carbonyl (C=O) groups excluding carboxylic acids is 1. The number of rotatable bonds is 6. The van der Waals surface area contributed by atoms with Crippen LogP contribution < -0.4 is 15.6 Å². The third kappa shape index (κ3) is 4.07. The van der Waals surface area contributed by atoms with Crippen LogP contribution in [0.3, 0.4) is 0 Å². The molecule has 2 N–H and O–H groups in total. The van der Waals surface area contributed by atoms with E-state index in [1.54, 1.807) is 7.11 Å². The van der Waals surface area contributed by atoms with Gasteiger partial charge in [0.15, 0.2) is 5.13 Å². The molecule has 156 valence electrons. The van der Waals surface area contributed by atoms with Gasteiger partial charge in [-0.3, -0.25) is 9.59 Å². The number of aromatic amines is 1. The van der Waals surface area contributed by atoms with E-state index >= 15 is 0 Å². The number of anilines is 1. The normalized spacial score (nSPS) is 12.4. The molecule has 1 aromatic carbocycles. The van der Waals surface area contributed by atoms with Gasteiger partial charge in [-0.2, -0.15) is 0 Å². The van der Waals surface area contributed by atoms with Crippen molar-refractivity contribution in [1.29, 1.82) is 0 Å². The van der Waals surface area contributed by atoms with Crippen LogP contribution in [0.25, 0.3) is 20.4 Å². The number of aromatic nitrogens is 3. The zero-order chi connectivity index (χ0) is 21.4. The van der Waals surface area contributed by atoms with Crippen LogP contribution in [0.15, 0.2) is 23.0 Å². The van der Waals surface area contributed by atoms with Crippen molar-refractivity contribution in [3.63, 3.8) is 0 Å². The second-order valence-corrected chi connectivity index (χ2v) is 10.3. The molecule has 0 spiro atoms. The molecule has 3 heterocycles. The Morgan fingerprint density at radius 2 is 2.10 bits per heavy atom. The number of benzene rings is 1. The van der Waals surface area contributed by atoms with Crippen LogP contribution in [-0.4, -0.2) is 33.2 Å². The average molecular weight is 461 g/mol. The van der Waals surface area contributed by atoms with Crippen molar-refractivity contribution in [3.05, 3.63) is 44.8 Å². The molecule has 4 aromatic rings. The van der Waals surface area contributed by atoms with Crippen molar-refractivity contribution < 1.29 is 9.53 Å². The van der Waals surface area contributed by atoms with Crippen molar-refractivity contribution in [2.75, 3.05) is 12.4 Å². The molecule has 0 fully saturated rings. The summed E-state index contributed by atoms with van der Waals surface area (Å²) in [5, 5.41) is 3.75. The largest absolute Gasteiger partial charge is 0.497 e. The molecule has 0 saturated heterocycles.